The molecule has 1 unspecified atom stereocenters. The number of carbonyl (C=O) groups is 2. The van der Waals surface area contributed by atoms with Crippen molar-refractivity contribution in [1.29, 1.82) is 0 Å². The Hall–Kier alpha value is -4.26. The van der Waals surface area contributed by atoms with Crippen LogP contribution >= 0.6 is 0 Å². The number of amides is 1. The van der Waals surface area contributed by atoms with Gasteiger partial charge < -0.3 is 24.2 Å². The third-order valence-electron chi connectivity index (χ3n) is 5.88. The van der Waals surface area contributed by atoms with E-state index in [1.54, 1.807) is 55.6 Å². The largest absolute Gasteiger partial charge is 0.507 e. The first kappa shape index (κ1) is 23.9. The fraction of sp³-hybridized carbons (Fsp3) is 0.214. The van der Waals surface area contributed by atoms with Crippen LogP contribution < -0.4 is 14.2 Å². The van der Waals surface area contributed by atoms with Crippen LogP contribution in [0.15, 0.2) is 78.4 Å². The van der Waals surface area contributed by atoms with Gasteiger partial charge in [0.05, 0.1) is 32.4 Å². The van der Waals surface area contributed by atoms with Crippen LogP contribution in [0.2, 0.25) is 0 Å². The molecule has 1 aliphatic heterocycles. The Balaban J connectivity index is 1.82. The van der Waals surface area contributed by atoms with Crippen molar-refractivity contribution < 1.29 is 28.9 Å². The Bertz CT molecular complexity index is 1260. The van der Waals surface area contributed by atoms with E-state index in [9.17, 15) is 14.7 Å². The summed E-state index contributed by atoms with van der Waals surface area (Å²) in [5.41, 5.74) is 1.89. The molecule has 180 valence electrons. The van der Waals surface area contributed by atoms with E-state index in [1.807, 2.05) is 31.2 Å². The van der Waals surface area contributed by atoms with Crippen molar-refractivity contribution in [3.05, 3.63) is 95.1 Å². The summed E-state index contributed by atoms with van der Waals surface area (Å²) in [6, 6.07) is 20.5. The number of methoxy groups -OCH3 is 2. The molecule has 1 fully saturated rings. The predicted molar refractivity (Wildman–Crippen MR) is 131 cm³/mol. The van der Waals surface area contributed by atoms with Crippen molar-refractivity contribution in [2.45, 2.75) is 19.5 Å². The van der Waals surface area contributed by atoms with Gasteiger partial charge in [-0.05, 0) is 54.4 Å². The summed E-state index contributed by atoms with van der Waals surface area (Å²) in [6.07, 6.45) is 0. The molecule has 0 bridgehead atoms. The maximum atomic E-state index is 13.3. The zero-order valence-electron chi connectivity index (χ0n) is 19.9. The second-order valence-corrected chi connectivity index (χ2v) is 8.01. The van der Waals surface area contributed by atoms with E-state index in [1.165, 1.54) is 12.0 Å². The lowest BCUT2D eigenvalue weighted by molar-refractivity contribution is -0.140. The molecule has 0 aromatic heterocycles. The fourth-order valence-corrected chi connectivity index (χ4v) is 4.20. The lowest BCUT2D eigenvalue weighted by atomic mass is 9.95. The molecule has 0 spiro atoms. The van der Waals surface area contributed by atoms with Crippen molar-refractivity contribution in [2.75, 3.05) is 20.8 Å². The quantitative estimate of drug-likeness (QED) is 0.289. The average Bonchev–Trinajstić information content (AvgIpc) is 3.13. The van der Waals surface area contributed by atoms with E-state index in [2.05, 4.69) is 0 Å². The summed E-state index contributed by atoms with van der Waals surface area (Å²) in [5, 5.41) is 11.2. The van der Waals surface area contributed by atoms with Gasteiger partial charge in [-0.2, -0.15) is 0 Å². The lowest BCUT2D eigenvalue weighted by Gasteiger charge is -2.26. The van der Waals surface area contributed by atoms with Crippen LogP contribution in [-0.4, -0.2) is 42.5 Å². The highest BCUT2D eigenvalue weighted by Crippen LogP contribution is 2.41. The second-order valence-electron chi connectivity index (χ2n) is 8.01. The average molecular weight is 474 g/mol. The molecule has 1 amide bonds. The number of Topliss-reactive ketones (excluding diaryl/α,β-unsaturated/α-hetero) is 1. The number of carbonyl (C=O) groups excluding carboxylic acids is 2. The third kappa shape index (κ3) is 4.84. The van der Waals surface area contributed by atoms with Crippen LogP contribution in [0.25, 0.3) is 5.76 Å². The maximum Gasteiger partial charge on any atom is 0.295 e. The van der Waals surface area contributed by atoms with E-state index >= 15 is 0 Å². The summed E-state index contributed by atoms with van der Waals surface area (Å²) in [7, 11) is 3.08. The molecular formula is C28H27NO6. The highest BCUT2D eigenvalue weighted by Gasteiger charge is 2.46. The number of likely N-dealkylation sites (tertiary alicyclic amines) is 1. The minimum absolute atomic E-state index is 0.0226. The summed E-state index contributed by atoms with van der Waals surface area (Å²) < 4.78 is 16.1. The highest BCUT2D eigenvalue weighted by atomic mass is 16.5. The molecule has 3 aromatic carbocycles. The van der Waals surface area contributed by atoms with Gasteiger partial charge in [0.1, 0.15) is 23.0 Å². The Morgan fingerprint density at radius 1 is 0.886 bits per heavy atom. The molecule has 1 heterocycles. The number of aliphatic hydroxyl groups is 1. The Kier molecular flexibility index (Phi) is 7.06. The van der Waals surface area contributed by atoms with Gasteiger partial charge in [-0.3, -0.25) is 9.59 Å². The number of benzene rings is 3. The molecule has 7 heteroatoms. The standard InChI is InChI=1S/C28H27NO6/c1-4-35-23-10-5-7-18(15-23)17-29-25(19-11-13-21(33-2)14-12-19)24(27(31)28(29)32)26(30)20-8-6-9-22(16-20)34-3/h5-16,25,30H,4,17H2,1-3H3/b26-24-. The number of hydrogen-bond donors (Lipinski definition) is 1. The topological polar surface area (TPSA) is 85.3 Å². The van der Waals surface area contributed by atoms with Gasteiger partial charge >= 0.3 is 0 Å². The van der Waals surface area contributed by atoms with Gasteiger partial charge in [0.15, 0.2) is 0 Å². The Morgan fingerprint density at radius 3 is 2.26 bits per heavy atom. The molecule has 7 nitrogen and oxygen atoms in total. The van der Waals surface area contributed by atoms with Crippen molar-refractivity contribution in [3.63, 3.8) is 0 Å². The van der Waals surface area contributed by atoms with Gasteiger partial charge in [-0.25, -0.2) is 0 Å². The predicted octanol–water partition coefficient (Wildman–Crippen LogP) is 4.72. The summed E-state index contributed by atoms with van der Waals surface area (Å²) in [4.78, 5) is 28.0. The molecular weight excluding hydrogens is 446 g/mol. The van der Waals surface area contributed by atoms with Crippen LogP contribution in [0.1, 0.15) is 29.7 Å². The number of ether oxygens (including phenoxy) is 3. The number of nitrogens with zero attached hydrogens (tertiary/aromatic N) is 1. The fourth-order valence-electron chi connectivity index (χ4n) is 4.20. The van der Waals surface area contributed by atoms with Crippen LogP contribution in [0.3, 0.4) is 0 Å². The van der Waals surface area contributed by atoms with E-state index in [0.29, 0.717) is 35.0 Å². The van der Waals surface area contributed by atoms with Gasteiger partial charge in [0.2, 0.25) is 0 Å². The first-order chi connectivity index (χ1) is 17.0. The molecule has 0 radical (unpaired) electrons. The monoisotopic (exact) mass is 473 g/mol. The smallest absolute Gasteiger partial charge is 0.295 e. The third-order valence-corrected chi connectivity index (χ3v) is 5.88. The normalized spacial score (nSPS) is 16.9. The highest BCUT2D eigenvalue weighted by molar-refractivity contribution is 6.46. The van der Waals surface area contributed by atoms with Crippen molar-refractivity contribution in [3.8, 4) is 17.2 Å². The SMILES string of the molecule is CCOc1cccc(CN2C(=O)C(=O)/C(=C(\O)c3cccc(OC)c3)C2c2ccc(OC)cc2)c1. The number of ketones is 1. The molecule has 1 atom stereocenters. The van der Waals surface area contributed by atoms with Crippen molar-refractivity contribution in [1.82, 2.24) is 4.90 Å². The zero-order valence-corrected chi connectivity index (χ0v) is 19.9. The lowest BCUT2D eigenvalue weighted by Crippen LogP contribution is -2.29. The molecule has 1 saturated heterocycles. The Morgan fingerprint density at radius 2 is 1.57 bits per heavy atom. The number of rotatable bonds is 8. The van der Waals surface area contributed by atoms with Gasteiger partial charge in [-0.15, -0.1) is 0 Å². The van der Waals surface area contributed by atoms with Gasteiger partial charge in [0, 0.05) is 12.1 Å². The first-order valence-corrected chi connectivity index (χ1v) is 11.2. The maximum absolute atomic E-state index is 13.3. The summed E-state index contributed by atoms with van der Waals surface area (Å²) in [5.74, 6) is 0.164. The van der Waals surface area contributed by atoms with E-state index in [0.717, 1.165) is 5.56 Å². The Labute approximate surface area is 204 Å². The number of aliphatic hydroxyl groups excluding tert-OH is 1. The molecule has 3 aromatic rings. The van der Waals surface area contributed by atoms with E-state index < -0.39 is 17.7 Å². The number of hydrogen-bond acceptors (Lipinski definition) is 6. The zero-order chi connectivity index (χ0) is 24.9. The first-order valence-electron chi connectivity index (χ1n) is 11.2. The summed E-state index contributed by atoms with van der Waals surface area (Å²) in [6.45, 7) is 2.57. The van der Waals surface area contributed by atoms with Gasteiger partial charge in [-0.1, -0.05) is 36.4 Å². The van der Waals surface area contributed by atoms with Crippen LogP contribution in [0, 0.1) is 0 Å². The summed E-state index contributed by atoms with van der Waals surface area (Å²) >= 11 is 0. The molecule has 35 heavy (non-hydrogen) atoms. The molecule has 1 aliphatic rings. The minimum atomic E-state index is -0.789. The van der Waals surface area contributed by atoms with E-state index in [4.69, 9.17) is 14.2 Å². The van der Waals surface area contributed by atoms with Crippen LogP contribution in [0.4, 0.5) is 0 Å². The second kappa shape index (κ2) is 10.3. The van der Waals surface area contributed by atoms with Crippen molar-refractivity contribution >= 4 is 17.4 Å². The minimum Gasteiger partial charge on any atom is -0.507 e. The van der Waals surface area contributed by atoms with Crippen LogP contribution in [-0.2, 0) is 16.1 Å². The molecule has 0 aliphatic carbocycles. The van der Waals surface area contributed by atoms with Crippen LogP contribution in [0.5, 0.6) is 17.2 Å². The molecule has 0 saturated carbocycles. The molecule has 1 N–H and O–H groups in total. The van der Waals surface area contributed by atoms with E-state index in [-0.39, 0.29) is 17.9 Å². The van der Waals surface area contributed by atoms with Gasteiger partial charge in [0.25, 0.3) is 11.7 Å². The van der Waals surface area contributed by atoms with Crippen molar-refractivity contribution in [2.24, 2.45) is 0 Å². The molecule has 4 rings (SSSR count).